The molecule has 0 saturated carbocycles. The lowest BCUT2D eigenvalue weighted by Crippen LogP contribution is -2.59. The van der Waals surface area contributed by atoms with Gasteiger partial charge >= 0.3 is 17.9 Å². The Hall–Kier alpha value is -3.30. The number of nitrogens with one attached hydrogen (secondary N) is 3. The number of amides is 1. The number of ketones is 3. The molecule has 0 spiro atoms. The third-order valence-electron chi connectivity index (χ3n) is 4.74. The molecule has 0 aliphatic carbocycles. The van der Waals surface area contributed by atoms with E-state index in [0.29, 0.717) is 0 Å². The lowest BCUT2D eigenvalue weighted by molar-refractivity contribution is -0.144. The van der Waals surface area contributed by atoms with Crippen molar-refractivity contribution in [2.24, 2.45) is 11.7 Å². The zero-order valence-electron chi connectivity index (χ0n) is 19.5. The highest BCUT2D eigenvalue weighted by atomic mass is 19.1. The number of esters is 1. The van der Waals surface area contributed by atoms with E-state index in [1.54, 1.807) is 13.8 Å². The van der Waals surface area contributed by atoms with Crippen LogP contribution >= 0.6 is 0 Å². The molecule has 0 heterocycles. The van der Waals surface area contributed by atoms with Crippen LogP contribution in [0.2, 0.25) is 0 Å². The van der Waals surface area contributed by atoms with Crippen LogP contribution in [0.25, 0.3) is 0 Å². The van der Waals surface area contributed by atoms with E-state index in [1.165, 1.54) is 0 Å². The van der Waals surface area contributed by atoms with E-state index in [4.69, 9.17) is 15.9 Å². The van der Waals surface area contributed by atoms with Gasteiger partial charge < -0.3 is 26.0 Å². The summed E-state index contributed by atoms with van der Waals surface area (Å²) in [5, 5.41) is 19.9. The van der Waals surface area contributed by atoms with Gasteiger partial charge in [-0.3, -0.25) is 33.6 Å². The summed E-state index contributed by atoms with van der Waals surface area (Å²) in [7, 11) is 1.06. The second kappa shape index (κ2) is 15.6. The van der Waals surface area contributed by atoms with Gasteiger partial charge in [0.1, 0.15) is 12.7 Å². The highest BCUT2D eigenvalue weighted by Gasteiger charge is 2.34. The molecule has 198 valence electrons. The summed E-state index contributed by atoms with van der Waals surface area (Å²) < 4.78 is 17.3. The van der Waals surface area contributed by atoms with E-state index >= 15 is 0 Å². The SMILES string of the molecule is COC(=O)CC(NN[C@H](C(=O)N[C@@H](CCC(=O)O)C(=O)C(=O)[C@@H](N)CC(=O)O)C(C)C)C(=O)CF. The lowest BCUT2D eigenvalue weighted by atomic mass is 9.96. The van der Waals surface area contributed by atoms with Crippen LogP contribution in [-0.2, 0) is 38.3 Å². The minimum Gasteiger partial charge on any atom is -0.481 e. The molecule has 0 aromatic carbocycles. The number of rotatable bonds is 18. The summed E-state index contributed by atoms with van der Waals surface area (Å²) in [5.41, 5.74) is 10.3. The highest BCUT2D eigenvalue weighted by molar-refractivity contribution is 6.41. The van der Waals surface area contributed by atoms with Crippen molar-refractivity contribution in [2.75, 3.05) is 13.8 Å². The Kier molecular flexibility index (Phi) is 14.1. The number of halogens is 1. The number of carbonyl (C=O) groups is 7. The minimum atomic E-state index is -1.70. The molecule has 1 unspecified atom stereocenters. The first kappa shape index (κ1) is 31.7. The molecule has 0 aliphatic rings. The number of aliphatic carboxylic acids is 2. The van der Waals surface area contributed by atoms with Gasteiger partial charge in [-0.25, -0.2) is 15.2 Å². The van der Waals surface area contributed by atoms with Crippen LogP contribution in [0.1, 0.15) is 39.5 Å². The van der Waals surface area contributed by atoms with Crippen molar-refractivity contribution in [1.82, 2.24) is 16.2 Å². The summed E-state index contributed by atoms with van der Waals surface area (Å²) in [4.78, 5) is 82.6. The first-order valence-corrected chi connectivity index (χ1v) is 10.5. The van der Waals surface area contributed by atoms with Crippen molar-refractivity contribution < 1.29 is 52.9 Å². The monoisotopic (exact) mass is 506 g/mol. The fraction of sp³-hybridized carbons (Fsp3) is 0.650. The van der Waals surface area contributed by atoms with Crippen LogP contribution in [0.3, 0.4) is 0 Å². The van der Waals surface area contributed by atoms with Gasteiger partial charge in [-0.2, -0.15) is 0 Å². The maximum atomic E-state index is 12.9. The van der Waals surface area contributed by atoms with Gasteiger partial charge in [-0.05, 0) is 12.3 Å². The number of Topliss-reactive ketones (excluding diaryl/α,β-unsaturated/α-hetero) is 3. The van der Waals surface area contributed by atoms with E-state index in [1.807, 2.05) is 0 Å². The van der Waals surface area contributed by atoms with Crippen LogP contribution in [0.15, 0.2) is 0 Å². The Morgan fingerprint density at radius 1 is 0.914 bits per heavy atom. The molecule has 0 radical (unpaired) electrons. The molecular formula is C20H31FN4O10. The van der Waals surface area contributed by atoms with Gasteiger partial charge in [0.15, 0.2) is 5.78 Å². The number of nitrogens with two attached hydrogens (primary N) is 1. The van der Waals surface area contributed by atoms with Crippen molar-refractivity contribution in [3.8, 4) is 0 Å². The molecule has 1 amide bonds. The molecule has 0 bridgehead atoms. The van der Waals surface area contributed by atoms with Crippen LogP contribution in [0.4, 0.5) is 4.39 Å². The molecule has 0 aliphatic heterocycles. The first-order chi connectivity index (χ1) is 16.2. The van der Waals surface area contributed by atoms with Crippen LogP contribution < -0.4 is 21.9 Å². The number of carboxylic acids is 2. The number of hydrogen-bond donors (Lipinski definition) is 6. The maximum Gasteiger partial charge on any atom is 0.307 e. The molecule has 4 atom stereocenters. The molecule has 7 N–H and O–H groups in total. The number of carboxylic acid groups (broad SMARTS) is 2. The Morgan fingerprint density at radius 2 is 1.51 bits per heavy atom. The van der Waals surface area contributed by atoms with Crippen LogP contribution in [0.5, 0.6) is 0 Å². The standard InChI is InChI=1S/C20H31FN4O10/c1-9(2)17(25-24-12(13(26)8-21)7-16(31)35-3)20(34)23-11(4-5-14(27)28)19(33)18(32)10(22)6-15(29)30/h9-12,17,24-25H,4-8,22H2,1-3H3,(H,23,34)(H,27,28)(H,29,30)/t10-,11-,12?,17-/m0/s1. The number of hydrazine groups is 1. The molecule has 0 saturated heterocycles. The predicted octanol–water partition coefficient (Wildman–Crippen LogP) is -2.13. The van der Waals surface area contributed by atoms with E-state index in [9.17, 15) is 38.0 Å². The molecule has 0 aromatic heterocycles. The average Bonchev–Trinajstić information content (AvgIpc) is 2.78. The summed E-state index contributed by atoms with van der Waals surface area (Å²) in [6, 6.07) is -5.92. The van der Waals surface area contributed by atoms with Crippen LogP contribution in [0, 0.1) is 5.92 Å². The second-order valence-electron chi connectivity index (χ2n) is 7.87. The zero-order valence-corrected chi connectivity index (χ0v) is 19.5. The highest BCUT2D eigenvalue weighted by Crippen LogP contribution is 2.08. The summed E-state index contributed by atoms with van der Waals surface area (Å²) >= 11 is 0. The fourth-order valence-electron chi connectivity index (χ4n) is 2.75. The predicted molar refractivity (Wildman–Crippen MR) is 115 cm³/mol. The van der Waals surface area contributed by atoms with E-state index in [-0.39, 0.29) is 0 Å². The summed E-state index contributed by atoms with van der Waals surface area (Å²) in [5.74, 6) is -8.60. The number of ether oxygens (including phenoxy) is 1. The zero-order chi connectivity index (χ0) is 27.3. The van der Waals surface area contributed by atoms with Crippen molar-refractivity contribution in [2.45, 2.75) is 63.7 Å². The van der Waals surface area contributed by atoms with Crippen molar-refractivity contribution >= 4 is 41.2 Å². The van der Waals surface area contributed by atoms with E-state index in [0.717, 1.165) is 7.11 Å². The maximum absolute atomic E-state index is 12.9. The van der Waals surface area contributed by atoms with Gasteiger partial charge in [0, 0.05) is 6.42 Å². The number of hydrogen-bond acceptors (Lipinski definition) is 11. The van der Waals surface area contributed by atoms with Gasteiger partial charge in [0.25, 0.3) is 0 Å². The summed E-state index contributed by atoms with van der Waals surface area (Å²) in [6.07, 6.45) is -2.50. The number of alkyl halides is 1. The Labute approximate surface area is 200 Å². The molecule has 0 aromatic rings. The van der Waals surface area contributed by atoms with Gasteiger partial charge in [0.05, 0.1) is 38.1 Å². The minimum absolute atomic E-state index is 0.491. The molecule has 0 rings (SSSR count). The fourth-order valence-corrected chi connectivity index (χ4v) is 2.75. The number of carbonyl (C=O) groups excluding carboxylic acids is 5. The Bertz CT molecular complexity index is 820. The van der Waals surface area contributed by atoms with Gasteiger partial charge in [0.2, 0.25) is 17.5 Å². The van der Waals surface area contributed by atoms with Crippen LogP contribution in [-0.4, -0.2) is 89.3 Å². The first-order valence-electron chi connectivity index (χ1n) is 10.5. The van der Waals surface area contributed by atoms with Crippen molar-refractivity contribution in [1.29, 1.82) is 0 Å². The lowest BCUT2D eigenvalue weighted by Gasteiger charge is -2.27. The second-order valence-corrected chi connectivity index (χ2v) is 7.87. The normalized spacial score (nSPS) is 14.3. The molecule has 15 heteroatoms. The van der Waals surface area contributed by atoms with E-state index in [2.05, 4.69) is 20.9 Å². The Balaban J connectivity index is 5.59. The third kappa shape index (κ3) is 11.6. The van der Waals surface area contributed by atoms with Gasteiger partial charge in [-0.1, -0.05) is 13.8 Å². The quantitative estimate of drug-likeness (QED) is 0.0663. The third-order valence-corrected chi connectivity index (χ3v) is 4.74. The topological polar surface area (TPSA) is 231 Å². The molecule has 0 fully saturated rings. The van der Waals surface area contributed by atoms with Gasteiger partial charge in [-0.15, -0.1) is 0 Å². The smallest absolute Gasteiger partial charge is 0.307 e. The van der Waals surface area contributed by atoms with Crippen molar-refractivity contribution in [3.05, 3.63) is 0 Å². The average molecular weight is 506 g/mol. The Morgan fingerprint density at radius 3 is 1.97 bits per heavy atom. The molecular weight excluding hydrogens is 475 g/mol. The largest absolute Gasteiger partial charge is 0.481 e. The molecule has 14 nitrogen and oxygen atoms in total. The number of methoxy groups -OCH3 is 1. The molecule has 35 heavy (non-hydrogen) atoms. The summed E-state index contributed by atoms with van der Waals surface area (Å²) in [6.45, 7) is 1.72. The van der Waals surface area contributed by atoms with E-state index < -0.39 is 104 Å². The van der Waals surface area contributed by atoms with Crippen molar-refractivity contribution in [3.63, 3.8) is 0 Å².